The van der Waals surface area contributed by atoms with E-state index in [9.17, 15) is 73.9 Å². The van der Waals surface area contributed by atoms with E-state index in [4.69, 9.17) is 9.47 Å². The van der Waals surface area contributed by atoms with Crippen LogP contribution in [0.4, 0.5) is 57.1 Å². The van der Waals surface area contributed by atoms with E-state index in [0.29, 0.717) is 0 Å². The average Bonchev–Trinajstić information content (AvgIpc) is 3.17. The molecule has 0 aliphatic heterocycles. The highest BCUT2D eigenvalue weighted by Crippen LogP contribution is 2.28. The molecule has 0 spiro atoms. The van der Waals surface area contributed by atoms with Crippen LogP contribution in [0.3, 0.4) is 0 Å². The lowest BCUT2D eigenvalue weighted by molar-refractivity contribution is -0.0597. The van der Waals surface area contributed by atoms with Crippen molar-refractivity contribution in [1.29, 1.82) is 0 Å². The van der Waals surface area contributed by atoms with Crippen molar-refractivity contribution in [2.24, 2.45) is 10.3 Å². The topological polar surface area (TPSA) is 130 Å². The minimum Gasteiger partial charge on any atom is -0.493 e. The van der Waals surface area contributed by atoms with E-state index in [2.05, 4.69) is 18.9 Å². The van der Waals surface area contributed by atoms with Crippen molar-refractivity contribution in [2.45, 2.75) is 31.0 Å². The highest BCUT2D eigenvalue weighted by Gasteiger charge is 2.39. The summed E-state index contributed by atoms with van der Waals surface area (Å²) in [4.78, 5) is 0. The molecule has 0 amide bonds. The van der Waals surface area contributed by atoms with E-state index >= 15 is 0 Å². The van der Waals surface area contributed by atoms with Gasteiger partial charge in [-0.3, -0.25) is 8.57 Å². The standard InChI is InChI=1S/C33H21F13N2O8S2/c1-15(47-55-57(49,50)13-20-22(34)26(38)30(42)27(39)23(20)35)16-3-7-18(8-4-16)53-11-2-12-54-19-9-5-17(6-10-19)32(33(44,45)46)48-56-58(51,52)14-21-24(36)28(40)31(43)29(41)25(21)37/h3-10H,2,11-14H2,1H3/b47-15+,48-32-. The van der Waals surface area contributed by atoms with Gasteiger partial charge in [0.05, 0.1) is 18.9 Å². The number of alkyl halides is 3. The van der Waals surface area contributed by atoms with Crippen LogP contribution in [0, 0.1) is 58.2 Å². The van der Waals surface area contributed by atoms with Crippen LogP contribution in [-0.4, -0.2) is 47.6 Å². The van der Waals surface area contributed by atoms with Crippen LogP contribution < -0.4 is 9.47 Å². The van der Waals surface area contributed by atoms with Crippen LogP contribution >= 0.6 is 0 Å². The van der Waals surface area contributed by atoms with Crippen LogP contribution in [0.2, 0.25) is 0 Å². The Morgan fingerprint density at radius 1 is 0.517 bits per heavy atom. The molecule has 4 rings (SSSR count). The number of hydrogen-bond donors (Lipinski definition) is 0. The number of nitrogens with zero attached hydrogens (tertiary/aromatic N) is 2. The molecule has 0 aromatic heterocycles. The van der Waals surface area contributed by atoms with Crippen molar-refractivity contribution < 1.29 is 92.0 Å². The Kier molecular flexibility index (Phi) is 13.9. The van der Waals surface area contributed by atoms with Crippen molar-refractivity contribution >= 4 is 31.7 Å². The predicted octanol–water partition coefficient (Wildman–Crippen LogP) is 8.01. The fourth-order valence-electron chi connectivity index (χ4n) is 4.43. The molecule has 0 saturated heterocycles. The van der Waals surface area contributed by atoms with Gasteiger partial charge in [0.15, 0.2) is 52.2 Å². The summed E-state index contributed by atoms with van der Waals surface area (Å²) in [6, 6.07) is 9.22. The van der Waals surface area contributed by atoms with Gasteiger partial charge in [-0.2, -0.15) is 30.0 Å². The molecule has 0 aliphatic rings. The first kappa shape index (κ1) is 45.1. The monoisotopic (exact) mass is 884 g/mol. The van der Waals surface area contributed by atoms with Gasteiger partial charge >= 0.3 is 26.4 Å². The smallest absolute Gasteiger partial charge is 0.437 e. The second kappa shape index (κ2) is 17.9. The third-order valence-corrected chi connectivity index (χ3v) is 9.16. The molecule has 314 valence electrons. The first-order valence-electron chi connectivity index (χ1n) is 15.4. The van der Waals surface area contributed by atoms with Gasteiger partial charge in [-0.1, -0.05) is 10.3 Å². The Morgan fingerprint density at radius 3 is 1.21 bits per heavy atom. The zero-order chi connectivity index (χ0) is 43.3. The fourth-order valence-corrected chi connectivity index (χ4v) is 6.16. The largest absolute Gasteiger partial charge is 0.493 e. The third kappa shape index (κ3) is 10.9. The van der Waals surface area contributed by atoms with E-state index in [1.54, 1.807) is 0 Å². The van der Waals surface area contributed by atoms with Gasteiger partial charge in [-0.05, 0) is 61.0 Å². The van der Waals surface area contributed by atoms with Gasteiger partial charge in [0, 0.05) is 23.1 Å². The Bertz CT molecular complexity index is 2410. The first-order chi connectivity index (χ1) is 26.9. The van der Waals surface area contributed by atoms with Crippen molar-refractivity contribution in [1.82, 2.24) is 0 Å². The lowest BCUT2D eigenvalue weighted by atomic mass is 10.1. The number of hydrogen-bond acceptors (Lipinski definition) is 10. The van der Waals surface area contributed by atoms with Gasteiger partial charge in [0.2, 0.25) is 11.6 Å². The van der Waals surface area contributed by atoms with Crippen LogP contribution in [0.25, 0.3) is 0 Å². The maximum absolute atomic E-state index is 13.9. The molecule has 0 heterocycles. The minimum atomic E-state index is -5.50. The Labute approximate surface area is 318 Å². The van der Waals surface area contributed by atoms with E-state index < -0.39 is 118 Å². The van der Waals surface area contributed by atoms with Gasteiger partial charge in [-0.25, -0.2) is 43.9 Å². The summed E-state index contributed by atoms with van der Waals surface area (Å²) >= 11 is 0. The highest BCUT2D eigenvalue weighted by atomic mass is 32.2. The van der Waals surface area contributed by atoms with Gasteiger partial charge in [0.1, 0.15) is 23.0 Å². The Morgan fingerprint density at radius 2 is 0.845 bits per heavy atom. The number of rotatable bonds is 16. The lowest BCUT2D eigenvalue weighted by Gasteiger charge is -2.12. The molecular weight excluding hydrogens is 863 g/mol. The number of halogens is 13. The fraction of sp³-hybridized carbons (Fsp3) is 0.212. The summed E-state index contributed by atoms with van der Waals surface area (Å²) in [5.41, 5.74) is -6.12. The number of oxime groups is 2. The summed E-state index contributed by atoms with van der Waals surface area (Å²) in [6.45, 7) is 1.23. The summed E-state index contributed by atoms with van der Waals surface area (Å²) in [7, 11) is -10.5. The van der Waals surface area contributed by atoms with Crippen LogP contribution in [-0.2, 0) is 40.3 Å². The Balaban J connectivity index is 1.28. The molecule has 0 unspecified atom stereocenters. The van der Waals surface area contributed by atoms with Crippen LogP contribution in [0.1, 0.15) is 35.6 Å². The second-order valence-electron chi connectivity index (χ2n) is 11.4. The molecule has 0 fully saturated rings. The normalized spacial score (nSPS) is 12.8. The zero-order valence-corrected chi connectivity index (χ0v) is 30.2. The SMILES string of the molecule is C/C(=N\OS(=O)(=O)Cc1c(F)c(F)c(F)c(F)c1F)c1ccc(OCCCOc2ccc(/C(=N/OS(=O)(=O)Cc3c(F)c(F)c(F)c(F)c3F)C(F)(F)F)cc2)cc1. The molecule has 10 nitrogen and oxygen atoms in total. The third-order valence-electron chi connectivity index (χ3n) is 7.27. The Hall–Kier alpha value is -5.59. The molecule has 0 N–H and O–H groups in total. The van der Waals surface area contributed by atoms with E-state index in [-0.39, 0.29) is 42.4 Å². The molecular formula is C33H21F13N2O8S2. The van der Waals surface area contributed by atoms with Crippen molar-refractivity contribution in [3.63, 3.8) is 0 Å². The van der Waals surface area contributed by atoms with Crippen molar-refractivity contribution in [2.75, 3.05) is 13.2 Å². The van der Waals surface area contributed by atoms with Gasteiger partial charge in [0.25, 0.3) is 0 Å². The second-order valence-corrected chi connectivity index (χ2v) is 14.5. The summed E-state index contributed by atoms with van der Waals surface area (Å²) in [6.07, 6.45) is -5.18. The van der Waals surface area contributed by atoms with Crippen LogP contribution in [0.5, 0.6) is 11.5 Å². The molecule has 4 aromatic rings. The van der Waals surface area contributed by atoms with Gasteiger partial charge < -0.3 is 9.47 Å². The molecule has 0 radical (unpaired) electrons. The predicted molar refractivity (Wildman–Crippen MR) is 173 cm³/mol. The molecule has 0 bridgehead atoms. The zero-order valence-electron chi connectivity index (χ0n) is 28.5. The van der Waals surface area contributed by atoms with E-state index in [0.717, 1.165) is 24.3 Å². The number of ether oxygens (including phenoxy) is 2. The lowest BCUT2D eigenvalue weighted by Crippen LogP contribution is -2.25. The molecule has 0 atom stereocenters. The number of benzene rings is 4. The molecule has 4 aromatic carbocycles. The van der Waals surface area contributed by atoms with Crippen LogP contribution in [0.15, 0.2) is 58.8 Å². The molecule has 25 heteroatoms. The summed E-state index contributed by atoms with van der Waals surface area (Å²) in [5, 5.41) is 5.83. The summed E-state index contributed by atoms with van der Waals surface area (Å²) in [5.74, 6) is -28.1. The maximum atomic E-state index is 13.9. The van der Waals surface area contributed by atoms with Gasteiger partial charge in [-0.15, -0.1) is 0 Å². The molecule has 0 saturated carbocycles. The molecule has 58 heavy (non-hydrogen) atoms. The average molecular weight is 885 g/mol. The van der Waals surface area contributed by atoms with Crippen molar-refractivity contribution in [3.05, 3.63) is 129 Å². The summed E-state index contributed by atoms with van der Waals surface area (Å²) < 4.78 is 244. The quantitative estimate of drug-likeness (QED) is 0.0277. The van der Waals surface area contributed by atoms with E-state index in [1.165, 1.54) is 31.2 Å². The minimum absolute atomic E-state index is 0.0146. The highest BCUT2D eigenvalue weighted by molar-refractivity contribution is 7.86. The first-order valence-corrected chi connectivity index (χ1v) is 18.6. The molecule has 0 aliphatic carbocycles. The maximum Gasteiger partial charge on any atom is 0.437 e. The van der Waals surface area contributed by atoms with E-state index in [1.807, 2.05) is 0 Å². The van der Waals surface area contributed by atoms with Crippen molar-refractivity contribution in [3.8, 4) is 11.5 Å².